The summed E-state index contributed by atoms with van der Waals surface area (Å²) >= 11 is 0. The van der Waals surface area contributed by atoms with Gasteiger partial charge in [-0.2, -0.15) is 0 Å². The van der Waals surface area contributed by atoms with Gasteiger partial charge in [-0.25, -0.2) is 0 Å². The molecule has 122 valence electrons. The summed E-state index contributed by atoms with van der Waals surface area (Å²) in [6, 6.07) is 12.9. The molecule has 0 atom stereocenters. The Morgan fingerprint density at radius 1 is 0.875 bits per heavy atom. The first kappa shape index (κ1) is 14.5. The van der Waals surface area contributed by atoms with Gasteiger partial charge in [0, 0.05) is 5.39 Å². The average Bonchev–Trinajstić information content (AvgIpc) is 3.07. The predicted molar refractivity (Wildman–Crippen MR) is 90.3 cm³/mol. The molecule has 1 heterocycles. The highest BCUT2D eigenvalue weighted by atomic mass is 16.7. The van der Waals surface area contributed by atoms with Crippen LogP contribution in [0, 0.1) is 0 Å². The van der Waals surface area contributed by atoms with Crippen molar-refractivity contribution < 1.29 is 24.1 Å². The molecule has 0 aromatic heterocycles. The van der Waals surface area contributed by atoms with Crippen LogP contribution in [-0.4, -0.2) is 26.1 Å². The van der Waals surface area contributed by atoms with E-state index in [1.54, 1.807) is 26.4 Å². The summed E-state index contributed by atoms with van der Waals surface area (Å²) in [5, 5.41) is 11.9. The quantitative estimate of drug-likeness (QED) is 0.790. The lowest BCUT2D eigenvalue weighted by atomic mass is 9.96. The van der Waals surface area contributed by atoms with Crippen LogP contribution in [0.15, 0.2) is 42.5 Å². The van der Waals surface area contributed by atoms with Crippen LogP contribution in [0.3, 0.4) is 0 Å². The molecule has 0 radical (unpaired) electrons. The first-order chi connectivity index (χ1) is 11.7. The van der Waals surface area contributed by atoms with Crippen LogP contribution in [0.25, 0.3) is 21.9 Å². The van der Waals surface area contributed by atoms with Crippen LogP contribution >= 0.6 is 0 Å². The van der Waals surface area contributed by atoms with Gasteiger partial charge >= 0.3 is 0 Å². The molecule has 0 aliphatic carbocycles. The fourth-order valence-electron chi connectivity index (χ4n) is 3.05. The van der Waals surface area contributed by atoms with E-state index in [0.29, 0.717) is 17.2 Å². The molecule has 0 fully saturated rings. The van der Waals surface area contributed by atoms with Crippen molar-refractivity contribution in [3.63, 3.8) is 0 Å². The highest BCUT2D eigenvalue weighted by Gasteiger charge is 2.17. The maximum Gasteiger partial charge on any atom is 0.231 e. The molecule has 1 aliphatic rings. The number of rotatable bonds is 3. The van der Waals surface area contributed by atoms with E-state index in [-0.39, 0.29) is 12.5 Å². The minimum absolute atomic E-state index is 0.154. The Morgan fingerprint density at radius 2 is 1.71 bits per heavy atom. The summed E-state index contributed by atoms with van der Waals surface area (Å²) in [5.41, 5.74) is 1.80. The van der Waals surface area contributed by atoms with Gasteiger partial charge in [0.15, 0.2) is 23.0 Å². The van der Waals surface area contributed by atoms with Crippen LogP contribution in [-0.2, 0) is 0 Å². The fraction of sp³-hybridized carbons (Fsp3) is 0.158. The topological polar surface area (TPSA) is 57.2 Å². The molecule has 0 amide bonds. The van der Waals surface area contributed by atoms with Gasteiger partial charge in [0.2, 0.25) is 6.79 Å². The molecule has 0 bridgehead atoms. The summed E-state index contributed by atoms with van der Waals surface area (Å²) in [5.74, 6) is 2.79. The van der Waals surface area contributed by atoms with Crippen molar-refractivity contribution >= 4 is 10.8 Å². The van der Waals surface area contributed by atoms with E-state index in [1.807, 2.05) is 30.3 Å². The van der Waals surface area contributed by atoms with E-state index in [9.17, 15) is 5.11 Å². The summed E-state index contributed by atoms with van der Waals surface area (Å²) in [7, 11) is 3.17. The standard InChI is InChI=1S/C19H16O5/c1-21-17-6-4-13-14(8-12(20)9-15(13)19(17)22-2)11-3-5-16-18(7-11)24-10-23-16/h3-9,20H,10H2,1-2H3. The van der Waals surface area contributed by atoms with Crippen LogP contribution in [0.5, 0.6) is 28.7 Å². The van der Waals surface area contributed by atoms with Gasteiger partial charge in [0.05, 0.1) is 14.2 Å². The van der Waals surface area contributed by atoms with E-state index < -0.39 is 0 Å². The Labute approximate surface area is 139 Å². The third-order valence-corrected chi connectivity index (χ3v) is 4.14. The normalized spacial score (nSPS) is 12.4. The number of phenols is 1. The van der Waals surface area contributed by atoms with E-state index in [0.717, 1.165) is 27.6 Å². The van der Waals surface area contributed by atoms with Crippen LogP contribution in [0.2, 0.25) is 0 Å². The average molecular weight is 324 g/mol. The van der Waals surface area contributed by atoms with Crippen molar-refractivity contribution in [3.05, 3.63) is 42.5 Å². The summed E-state index contributed by atoms with van der Waals surface area (Å²) in [4.78, 5) is 0. The number of fused-ring (bicyclic) bond motifs is 2. The number of benzene rings is 3. The van der Waals surface area contributed by atoms with Gasteiger partial charge in [-0.05, 0) is 52.9 Å². The smallest absolute Gasteiger partial charge is 0.231 e. The van der Waals surface area contributed by atoms with Gasteiger partial charge in [-0.1, -0.05) is 6.07 Å². The molecular formula is C19H16O5. The monoisotopic (exact) mass is 324 g/mol. The lowest BCUT2D eigenvalue weighted by Crippen LogP contribution is -1.93. The van der Waals surface area contributed by atoms with Crippen LogP contribution in [0.1, 0.15) is 0 Å². The summed E-state index contributed by atoms with van der Waals surface area (Å²) in [6.07, 6.45) is 0. The maximum atomic E-state index is 10.2. The van der Waals surface area contributed by atoms with Crippen molar-refractivity contribution in [1.29, 1.82) is 0 Å². The fourth-order valence-corrected chi connectivity index (χ4v) is 3.05. The molecular weight excluding hydrogens is 308 g/mol. The summed E-state index contributed by atoms with van der Waals surface area (Å²) < 4.78 is 21.6. The Morgan fingerprint density at radius 3 is 2.50 bits per heavy atom. The number of phenolic OH excluding ortho intramolecular Hbond substituents is 1. The molecule has 4 rings (SSSR count). The van der Waals surface area contributed by atoms with Crippen molar-refractivity contribution in [2.24, 2.45) is 0 Å². The molecule has 3 aromatic carbocycles. The molecule has 0 unspecified atom stereocenters. The maximum absolute atomic E-state index is 10.2. The number of hydrogen-bond donors (Lipinski definition) is 1. The number of ether oxygens (including phenoxy) is 4. The molecule has 0 saturated heterocycles. The third-order valence-electron chi connectivity index (χ3n) is 4.14. The molecule has 5 nitrogen and oxygen atoms in total. The molecule has 5 heteroatoms. The highest BCUT2D eigenvalue weighted by molar-refractivity contribution is 6.02. The number of methoxy groups -OCH3 is 2. The van der Waals surface area contributed by atoms with E-state index >= 15 is 0 Å². The lowest BCUT2D eigenvalue weighted by Gasteiger charge is -2.14. The Bertz CT molecular complexity index is 933. The Hall–Kier alpha value is -3.08. The summed E-state index contributed by atoms with van der Waals surface area (Å²) in [6.45, 7) is 0.227. The second-order valence-corrected chi connectivity index (χ2v) is 5.46. The first-order valence-electron chi connectivity index (χ1n) is 7.49. The van der Waals surface area contributed by atoms with E-state index in [4.69, 9.17) is 18.9 Å². The Kier molecular flexibility index (Phi) is 3.34. The van der Waals surface area contributed by atoms with Gasteiger partial charge < -0.3 is 24.1 Å². The van der Waals surface area contributed by atoms with Crippen molar-refractivity contribution in [3.8, 4) is 39.9 Å². The number of aromatic hydroxyl groups is 1. The molecule has 0 spiro atoms. The SMILES string of the molecule is COc1ccc2c(-c3ccc4c(c3)OCO4)cc(O)cc2c1OC. The van der Waals surface area contributed by atoms with Gasteiger partial charge in [0.1, 0.15) is 5.75 Å². The molecule has 3 aromatic rings. The van der Waals surface area contributed by atoms with Crippen LogP contribution in [0.4, 0.5) is 0 Å². The van der Waals surface area contributed by atoms with Gasteiger partial charge in [0.25, 0.3) is 0 Å². The van der Waals surface area contributed by atoms with Gasteiger partial charge in [-0.15, -0.1) is 0 Å². The largest absolute Gasteiger partial charge is 0.508 e. The third kappa shape index (κ3) is 2.17. The first-order valence-corrected chi connectivity index (χ1v) is 7.49. The highest BCUT2D eigenvalue weighted by Crippen LogP contribution is 2.43. The zero-order valence-corrected chi connectivity index (χ0v) is 13.3. The second-order valence-electron chi connectivity index (χ2n) is 5.46. The second kappa shape index (κ2) is 5.53. The zero-order valence-electron chi connectivity index (χ0n) is 13.3. The van der Waals surface area contributed by atoms with Crippen molar-refractivity contribution in [1.82, 2.24) is 0 Å². The number of hydrogen-bond acceptors (Lipinski definition) is 5. The van der Waals surface area contributed by atoms with E-state index in [2.05, 4.69) is 0 Å². The Balaban J connectivity index is 1.99. The predicted octanol–water partition coefficient (Wildman–Crippen LogP) is 3.96. The molecule has 1 aliphatic heterocycles. The molecule has 1 N–H and O–H groups in total. The van der Waals surface area contributed by atoms with Crippen molar-refractivity contribution in [2.45, 2.75) is 0 Å². The van der Waals surface area contributed by atoms with Crippen LogP contribution < -0.4 is 18.9 Å². The minimum atomic E-state index is 0.154. The zero-order chi connectivity index (χ0) is 16.7. The van der Waals surface area contributed by atoms with Gasteiger partial charge in [-0.3, -0.25) is 0 Å². The minimum Gasteiger partial charge on any atom is -0.508 e. The lowest BCUT2D eigenvalue weighted by molar-refractivity contribution is 0.174. The molecule has 24 heavy (non-hydrogen) atoms. The molecule has 0 saturated carbocycles. The van der Waals surface area contributed by atoms with E-state index in [1.165, 1.54) is 0 Å². The van der Waals surface area contributed by atoms with Crippen molar-refractivity contribution in [2.75, 3.05) is 21.0 Å².